The zero-order valence-electron chi connectivity index (χ0n) is 18.3. The number of thioether (sulfide) groups is 1. The van der Waals surface area contributed by atoms with E-state index in [9.17, 15) is 18.3 Å². The Hall–Kier alpha value is -1.94. The van der Waals surface area contributed by atoms with Crippen LogP contribution >= 0.6 is 11.8 Å². The van der Waals surface area contributed by atoms with Gasteiger partial charge in [0.2, 0.25) is 10.0 Å². The summed E-state index contributed by atoms with van der Waals surface area (Å²) < 4.78 is 32.8. The monoisotopic (exact) mass is 478 g/mol. The number of aromatic nitrogens is 1. The molecular weight excluding hydrogens is 448 g/mol. The molecule has 0 aliphatic carbocycles. The number of carbonyl (C=O) groups is 1. The number of aliphatic hydroxyl groups excluding tert-OH is 1. The van der Waals surface area contributed by atoms with Gasteiger partial charge in [-0.2, -0.15) is 4.31 Å². The molecule has 1 aromatic carbocycles. The van der Waals surface area contributed by atoms with Gasteiger partial charge in [-0.25, -0.2) is 13.4 Å². The highest BCUT2D eigenvalue weighted by Gasteiger charge is 2.25. The molecule has 32 heavy (non-hydrogen) atoms. The Kier molecular flexibility index (Phi) is 9.10. The molecule has 1 N–H and O–H groups in total. The number of sulfonamides is 1. The Bertz CT molecular complexity index is 970. The number of rotatable bonds is 10. The van der Waals surface area contributed by atoms with Crippen molar-refractivity contribution >= 4 is 27.6 Å². The van der Waals surface area contributed by atoms with Gasteiger partial charge in [-0.05, 0) is 49.2 Å². The first-order valence-electron chi connectivity index (χ1n) is 10.9. The number of Topliss-reactive ketones (excluding diaryl/α,β-unsaturated/α-hetero) is 1. The van der Waals surface area contributed by atoms with E-state index in [0.29, 0.717) is 41.6 Å². The molecule has 0 unspecified atom stereocenters. The maximum absolute atomic E-state index is 12.8. The lowest BCUT2D eigenvalue weighted by molar-refractivity contribution is 0.0987. The van der Waals surface area contributed by atoms with Crippen molar-refractivity contribution in [1.29, 1.82) is 0 Å². The molecule has 0 bridgehead atoms. The molecule has 2 aromatic rings. The zero-order chi connectivity index (χ0) is 23.0. The molecule has 1 aliphatic heterocycles. The van der Waals surface area contributed by atoms with Gasteiger partial charge in [0, 0.05) is 37.0 Å². The molecule has 3 rings (SSSR count). The Morgan fingerprint density at radius 2 is 1.81 bits per heavy atom. The van der Waals surface area contributed by atoms with E-state index in [1.807, 2.05) is 6.92 Å². The van der Waals surface area contributed by atoms with Gasteiger partial charge in [0.25, 0.3) is 0 Å². The van der Waals surface area contributed by atoms with E-state index < -0.39 is 16.1 Å². The molecule has 2 heterocycles. The van der Waals surface area contributed by atoms with Crippen LogP contribution in [0.4, 0.5) is 0 Å². The predicted molar refractivity (Wildman–Crippen MR) is 125 cm³/mol. The highest BCUT2D eigenvalue weighted by molar-refractivity contribution is 7.99. The second kappa shape index (κ2) is 11.8. The Balaban J connectivity index is 1.47. The van der Waals surface area contributed by atoms with Gasteiger partial charge in [0.05, 0.1) is 11.1 Å². The van der Waals surface area contributed by atoms with Crippen molar-refractivity contribution in [2.45, 2.75) is 55.1 Å². The SMILES string of the molecule is CCC(=O)c1ccc(OC[C@@H](O)CSc2ccc(S(=O)(=O)N3CCCCCC3)cn2)cc1. The van der Waals surface area contributed by atoms with Gasteiger partial charge in [-0.15, -0.1) is 11.8 Å². The normalized spacial score (nSPS) is 16.3. The lowest BCUT2D eigenvalue weighted by Crippen LogP contribution is -2.32. The predicted octanol–water partition coefficient (Wildman–Crippen LogP) is 3.77. The number of ketones is 1. The molecule has 9 heteroatoms. The number of pyridine rings is 1. The number of hydrogen-bond acceptors (Lipinski definition) is 7. The highest BCUT2D eigenvalue weighted by Crippen LogP contribution is 2.23. The van der Waals surface area contributed by atoms with Crippen LogP contribution in [0.5, 0.6) is 5.75 Å². The second-order valence-electron chi connectivity index (χ2n) is 7.73. The lowest BCUT2D eigenvalue weighted by Gasteiger charge is -2.19. The van der Waals surface area contributed by atoms with E-state index in [1.54, 1.807) is 40.7 Å². The first-order chi connectivity index (χ1) is 15.4. The Morgan fingerprint density at radius 1 is 1.12 bits per heavy atom. The number of ether oxygens (including phenoxy) is 1. The molecule has 1 atom stereocenters. The van der Waals surface area contributed by atoms with Crippen LogP contribution in [0.1, 0.15) is 49.4 Å². The summed E-state index contributed by atoms with van der Waals surface area (Å²) in [6.07, 6.45) is 5.04. The van der Waals surface area contributed by atoms with Crippen molar-refractivity contribution in [3.8, 4) is 5.75 Å². The van der Waals surface area contributed by atoms with Crippen LogP contribution in [0.3, 0.4) is 0 Å². The molecule has 0 amide bonds. The van der Waals surface area contributed by atoms with Crippen LogP contribution < -0.4 is 4.74 Å². The maximum Gasteiger partial charge on any atom is 0.244 e. The fraction of sp³-hybridized carbons (Fsp3) is 0.478. The van der Waals surface area contributed by atoms with Gasteiger partial charge in [-0.1, -0.05) is 19.8 Å². The topological polar surface area (TPSA) is 96.8 Å². The molecule has 1 saturated heterocycles. The summed E-state index contributed by atoms with van der Waals surface area (Å²) in [4.78, 5) is 16.1. The van der Waals surface area contributed by atoms with E-state index in [0.717, 1.165) is 25.7 Å². The summed E-state index contributed by atoms with van der Waals surface area (Å²) in [6.45, 7) is 3.04. The molecule has 0 radical (unpaired) electrons. The minimum Gasteiger partial charge on any atom is -0.491 e. The van der Waals surface area contributed by atoms with Crippen LogP contribution in [-0.2, 0) is 10.0 Å². The second-order valence-corrected chi connectivity index (χ2v) is 10.7. The molecule has 7 nitrogen and oxygen atoms in total. The van der Waals surface area contributed by atoms with E-state index in [1.165, 1.54) is 18.0 Å². The summed E-state index contributed by atoms with van der Waals surface area (Å²) in [5.74, 6) is 1.02. The zero-order valence-corrected chi connectivity index (χ0v) is 19.9. The van der Waals surface area contributed by atoms with Crippen molar-refractivity contribution < 1.29 is 23.1 Å². The van der Waals surface area contributed by atoms with Gasteiger partial charge in [0.15, 0.2) is 5.78 Å². The van der Waals surface area contributed by atoms with E-state index in [2.05, 4.69) is 4.98 Å². The number of aliphatic hydroxyl groups is 1. The van der Waals surface area contributed by atoms with E-state index >= 15 is 0 Å². The fourth-order valence-electron chi connectivity index (χ4n) is 3.40. The quantitative estimate of drug-likeness (QED) is 0.410. The highest BCUT2D eigenvalue weighted by atomic mass is 32.2. The molecule has 0 saturated carbocycles. The largest absolute Gasteiger partial charge is 0.491 e. The third-order valence-electron chi connectivity index (χ3n) is 5.28. The number of benzene rings is 1. The van der Waals surface area contributed by atoms with Crippen molar-refractivity contribution in [3.05, 3.63) is 48.2 Å². The molecule has 1 aromatic heterocycles. The van der Waals surface area contributed by atoms with Crippen molar-refractivity contribution in [1.82, 2.24) is 9.29 Å². The number of hydrogen-bond donors (Lipinski definition) is 1. The van der Waals surface area contributed by atoms with Crippen molar-refractivity contribution in [3.63, 3.8) is 0 Å². The van der Waals surface area contributed by atoms with Gasteiger partial charge in [0.1, 0.15) is 17.3 Å². The first kappa shape index (κ1) is 24.7. The Labute approximate surface area is 194 Å². The maximum atomic E-state index is 12.8. The minimum absolute atomic E-state index is 0.0748. The van der Waals surface area contributed by atoms with E-state index in [-0.39, 0.29) is 17.3 Å². The third-order valence-corrected chi connectivity index (χ3v) is 8.25. The third kappa shape index (κ3) is 6.78. The molecule has 174 valence electrons. The number of nitrogens with zero attached hydrogens (tertiary/aromatic N) is 2. The minimum atomic E-state index is -3.51. The van der Waals surface area contributed by atoms with Crippen LogP contribution in [0.15, 0.2) is 52.5 Å². The average molecular weight is 479 g/mol. The summed E-state index contributed by atoms with van der Waals surface area (Å²) in [5.41, 5.74) is 0.642. The fourth-order valence-corrected chi connectivity index (χ4v) is 5.61. The van der Waals surface area contributed by atoms with Gasteiger partial charge < -0.3 is 9.84 Å². The van der Waals surface area contributed by atoms with Gasteiger partial charge in [-0.3, -0.25) is 4.79 Å². The first-order valence-corrected chi connectivity index (χ1v) is 13.4. The average Bonchev–Trinajstić information content (AvgIpc) is 3.12. The standard InChI is InChI=1S/C23H30N2O5S2/c1-2-22(27)18-7-9-20(10-8-18)30-16-19(26)17-31-23-12-11-21(15-24-23)32(28,29)25-13-5-3-4-6-14-25/h7-12,15,19,26H,2-6,13-14,16-17H2,1H3/t19-/m1/s1. The molecule has 1 aliphatic rings. The summed E-state index contributed by atoms with van der Waals surface area (Å²) >= 11 is 1.34. The van der Waals surface area contributed by atoms with Gasteiger partial charge >= 0.3 is 0 Å². The van der Waals surface area contributed by atoms with Crippen LogP contribution in [0.2, 0.25) is 0 Å². The molecule has 0 spiro atoms. The lowest BCUT2D eigenvalue weighted by atomic mass is 10.1. The Morgan fingerprint density at radius 3 is 2.41 bits per heavy atom. The van der Waals surface area contributed by atoms with Crippen LogP contribution in [-0.4, -0.2) is 60.1 Å². The summed E-state index contributed by atoms with van der Waals surface area (Å²) in [7, 11) is -3.51. The molecular formula is C23H30N2O5S2. The van der Waals surface area contributed by atoms with Crippen molar-refractivity contribution in [2.24, 2.45) is 0 Å². The van der Waals surface area contributed by atoms with E-state index in [4.69, 9.17) is 4.74 Å². The molecule has 1 fully saturated rings. The van der Waals surface area contributed by atoms with Crippen LogP contribution in [0, 0.1) is 0 Å². The summed E-state index contributed by atoms with van der Waals surface area (Å²) in [6, 6.07) is 10.1. The van der Waals surface area contributed by atoms with Crippen LogP contribution in [0.25, 0.3) is 0 Å². The smallest absolute Gasteiger partial charge is 0.244 e. The number of carbonyl (C=O) groups excluding carboxylic acids is 1. The van der Waals surface area contributed by atoms with Crippen molar-refractivity contribution in [2.75, 3.05) is 25.4 Å². The summed E-state index contributed by atoms with van der Waals surface area (Å²) in [5, 5.41) is 10.8.